The number of aromatic nitrogens is 4. The Morgan fingerprint density at radius 2 is 1.74 bits per heavy atom. The lowest BCUT2D eigenvalue weighted by Crippen LogP contribution is -2.50. The molecule has 9 heteroatoms. The second-order valence-corrected chi connectivity index (χ2v) is 6.88. The zero-order valence-electron chi connectivity index (χ0n) is 14.9. The Labute approximate surface area is 152 Å². The van der Waals surface area contributed by atoms with E-state index in [0.717, 1.165) is 4.57 Å². The zero-order chi connectivity index (χ0) is 19.1. The molecule has 0 fully saturated rings. The van der Waals surface area contributed by atoms with Crippen LogP contribution in [-0.2, 0) is 24.3 Å². The second kappa shape index (κ2) is 4.76. The fourth-order valence-electron chi connectivity index (χ4n) is 4.30. The van der Waals surface area contributed by atoms with Crippen LogP contribution < -0.4 is 21.9 Å². The van der Waals surface area contributed by atoms with Crippen LogP contribution in [-0.4, -0.2) is 25.2 Å². The molecule has 1 aromatic carbocycles. The molecule has 4 heterocycles. The van der Waals surface area contributed by atoms with Crippen LogP contribution >= 0.6 is 0 Å². The van der Waals surface area contributed by atoms with Gasteiger partial charge in [0.05, 0.1) is 5.56 Å². The van der Waals surface area contributed by atoms with Gasteiger partial charge in [0.25, 0.3) is 5.56 Å². The van der Waals surface area contributed by atoms with E-state index in [2.05, 4.69) is 20.8 Å². The Morgan fingerprint density at radius 3 is 2.52 bits per heavy atom. The van der Waals surface area contributed by atoms with Crippen LogP contribution in [0.25, 0.3) is 0 Å². The van der Waals surface area contributed by atoms with E-state index in [-0.39, 0.29) is 17.3 Å². The van der Waals surface area contributed by atoms with Crippen LogP contribution in [0, 0.1) is 6.92 Å². The maximum absolute atomic E-state index is 13.4. The number of anilines is 3. The average molecular weight is 364 g/mol. The summed E-state index contributed by atoms with van der Waals surface area (Å²) in [5.74, 6) is 0.358. The highest BCUT2D eigenvalue weighted by atomic mass is 16.2. The third-order valence-electron chi connectivity index (χ3n) is 5.52. The van der Waals surface area contributed by atoms with Crippen molar-refractivity contribution >= 4 is 23.2 Å². The molecule has 5 rings (SSSR count). The summed E-state index contributed by atoms with van der Waals surface area (Å²) in [6.45, 7) is 1.81. The number of para-hydroxylation sites is 1. The van der Waals surface area contributed by atoms with Crippen molar-refractivity contribution in [3.8, 4) is 0 Å². The largest absolute Gasteiger partial charge is 0.332 e. The number of carbonyl (C=O) groups excluding carboxylic acids is 1. The van der Waals surface area contributed by atoms with Gasteiger partial charge in [-0.25, -0.2) is 4.79 Å². The summed E-state index contributed by atoms with van der Waals surface area (Å²) in [6.07, 6.45) is 0. The number of fused-ring (bicyclic) bond motifs is 6. The molecule has 1 atom stereocenters. The molecule has 1 spiro atoms. The Hall–Kier alpha value is -3.62. The molecule has 1 amide bonds. The number of amides is 1. The van der Waals surface area contributed by atoms with Crippen LogP contribution in [0.2, 0.25) is 0 Å². The van der Waals surface area contributed by atoms with Crippen molar-refractivity contribution in [2.75, 3.05) is 10.6 Å². The second-order valence-electron chi connectivity index (χ2n) is 6.88. The van der Waals surface area contributed by atoms with Crippen molar-refractivity contribution in [3.63, 3.8) is 0 Å². The molecule has 2 aliphatic rings. The van der Waals surface area contributed by atoms with Crippen molar-refractivity contribution in [1.82, 2.24) is 19.3 Å². The maximum Gasteiger partial charge on any atom is 0.332 e. The van der Waals surface area contributed by atoms with Crippen molar-refractivity contribution in [2.45, 2.75) is 12.3 Å². The van der Waals surface area contributed by atoms with E-state index in [1.807, 2.05) is 18.2 Å². The van der Waals surface area contributed by atoms with Crippen molar-refractivity contribution in [1.29, 1.82) is 0 Å². The summed E-state index contributed by atoms with van der Waals surface area (Å²) >= 11 is 0. The van der Waals surface area contributed by atoms with Gasteiger partial charge in [0.2, 0.25) is 5.91 Å². The van der Waals surface area contributed by atoms with E-state index >= 15 is 0 Å². The quantitative estimate of drug-likeness (QED) is 0.536. The van der Waals surface area contributed by atoms with Gasteiger partial charge < -0.3 is 10.6 Å². The number of aryl methyl sites for hydroxylation is 1. The summed E-state index contributed by atoms with van der Waals surface area (Å²) < 4.78 is 2.36. The van der Waals surface area contributed by atoms with Crippen LogP contribution in [0.15, 0.2) is 33.9 Å². The van der Waals surface area contributed by atoms with Gasteiger partial charge >= 0.3 is 5.69 Å². The summed E-state index contributed by atoms with van der Waals surface area (Å²) in [5, 5.41) is 13.1. The van der Waals surface area contributed by atoms with E-state index in [1.165, 1.54) is 11.6 Å². The number of aromatic amines is 1. The maximum atomic E-state index is 13.4. The monoisotopic (exact) mass is 364 g/mol. The van der Waals surface area contributed by atoms with Crippen molar-refractivity contribution in [2.24, 2.45) is 14.1 Å². The van der Waals surface area contributed by atoms with Gasteiger partial charge in [-0.3, -0.25) is 23.8 Å². The first kappa shape index (κ1) is 15.6. The van der Waals surface area contributed by atoms with Crippen LogP contribution in [0.3, 0.4) is 0 Å². The molecule has 2 aliphatic heterocycles. The number of benzene rings is 1. The van der Waals surface area contributed by atoms with Crippen LogP contribution in [0.1, 0.15) is 22.4 Å². The zero-order valence-corrected chi connectivity index (χ0v) is 14.9. The van der Waals surface area contributed by atoms with Crippen LogP contribution in [0.5, 0.6) is 0 Å². The molecule has 0 aliphatic carbocycles. The van der Waals surface area contributed by atoms with Gasteiger partial charge in [0.15, 0.2) is 5.82 Å². The van der Waals surface area contributed by atoms with Gasteiger partial charge in [0, 0.05) is 36.6 Å². The molecular weight excluding hydrogens is 348 g/mol. The summed E-state index contributed by atoms with van der Waals surface area (Å²) in [5.41, 5.74) is 0.398. The highest BCUT2D eigenvalue weighted by Gasteiger charge is 2.57. The predicted octanol–water partition coefficient (Wildman–Crippen LogP) is 0.459. The minimum Gasteiger partial charge on any atom is -0.324 e. The number of hydrogen-bond donors (Lipinski definition) is 3. The Kier molecular flexibility index (Phi) is 2.75. The number of rotatable bonds is 0. The highest BCUT2D eigenvalue weighted by molar-refractivity contribution is 6.13. The minimum absolute atomic E-state index is 0.214. The molecule has 0 saturated carbocycles. The molecular formula is C18H16N6O3. The fraction of sp³-hybridized carbons (Fsp3) is 0.222. The highest BCUT2D eigenvalue weighted by Crippen LogP contribution is 2.53. The van der Waals surface area contributed by atoms with Gasteiger partial charge in [-0.1, -0.05) is 18.2 Å². The SMILES string of the molecule is Cc1[nH]nc2c1C1(C(=O)Nc3ccccc31)c1c(n(C)c(=O)n(C)c1=O)N2. The number of nitrogens with zero attached hydrogens (tertiary/aromatic N) is 3. The number of nitrogens with one attached hydrogen (secondary N) is 3. The molecule has 9 nitrogen and oxygen atoms in total. The Bertz CT molecular complexity index is 1280. The molecule has 1 unspecified atom stereocenters. The molecule has 3 N–H and O–H groups in total. The number of hydrogen-bond acceptors (Lipinski definition) is 5. The lowest BCUT2D eigenvalue weighted by molar-refractivity contribution is -0.118. The van der Waals surface area contributed by atoms with Crippen molar-refractivity contribution in [3.05, 3.63) is 67.5 Å². The van der Waals surface area contributed by atoms with E-state index in [9.17, 15) is 14.4 Å². The normalized spacial score (nSPS) is 19.3. The summed E-state index contributed by atoms with van der Waals surface area (Å²) in [4.78, 5) is 39.1. The van der Waals surface area contributed by atoms with Gasteiger partial charge in [-0.05, 0) is 13.0 Å². The topological polar surface area (TPSA) is 114 Å². The molecule has 3 aromatic rings. The summed E-state index contributed by atoms with van der Waals surface area (Å²) in [7, 11) is 2.97. The molecule has 0 saturated heterocycles. The Morgan fingerprint density at radius 1 is 1.00 bits per heavy atom. The first-order chi connectivity index (χ1) is 12.9. The van der Waals surface area contributed by atoms with E-state index in [4.69, 9.17) is 0 Å². The molecule has 27 heavy (non-hydrogen) atoms. The van der Waals surface area contributed by atoms with Gasteiger partial charge in [-0.2, -0.15) is 5.10 Å². The average Bonchev–Trinajstić information content (AvgIpc) is 3.17. The van der Waals surface area contributed by atoms with Gasteiger partial charge in [-0.15, -0.1) is 0 Å². The third-order valence-corrected chi connectivity index (χ3v) is 5.52. The first-order valence-corrected chi connectivity index (χ1v) is 8.43. The minimum atomic E-state index is -1.39. The molecule has 0 radical (unpaired) electrons. The van der Waals surface area contributed by atoms with Gasteiger partial charge in [0.1, 0.15) is 11.2 Å². The fourth-order valence-corrected chi connectivity index (χ4v) is 4.30. The predicted molar refractivity (Wildman–Crippen MR) is 98.5 cm³/mol. The van der Waals surface area contributed by atoms with E-state index in [0.29, 0.717) is 28.3 Å². The molecule has 136 valence electrons. The van der Waals surface area contributed by atoms with E-state index in [1.54, 1.807) is 20.0 Å². The van der Waals surface area contributed by atoms with E-state index < -0.39 is 16.7 Å². The molecule has 2 aromatic heterocycles. The third kappa shape index (κ3) is 1.59. The summed E-state index contributed by atoms with van der Waals surface area (Å²) in [6, 6.07) is 7.26. The first-order valence-electron chi connectivity index (χ1n) is 8.43. The smallest absolute Gasteiger partial charge is 0.324 e. The van der Waals surface area contributed by atoms with Crippen molar-refractivity contribution < 1.29 is 4.79 Å². The number of carbonyl (C=O) groups is 1. The number of H-pyrrole nitrogens is 1. The van der Waals surface area contributed by atoms with Crippen LogP contribution in [0.4, 0.5) is 17.3 Å². The standard InChI is InChI=1S/C18H16N6O3/c1-8-11-13(22-21-8)20-14-12(15(25)24(3)17(27)23(14)2)18(11)9-6-4-5-7-10(9)19-16(18)26/h4-7H,1-3H3,(H,19,26)(H2,20,21,22). The lowest BCUT2D eigenvalue weighted by atomic mass is 9.69. The lowest BCUT2D eigenvalue weighted by Gasteiger charge is -2.34. The molecule has 0 bridgehead atoms. The Balaban J connectivity index is 2.06.